The Balaban J connectivity index is 5.64. The molecule has 0 heterocycles. The van der Waals surface area contributed by atoms with Crippen LogP contribution < -0.4 is 0 Å². The fraction of sp³-hybridized carbons (Fsp3) is 1.00. The Morgan fingerprint density at radius 2 is 1.53 bits per heavy atom. The number of hydrogen-bond donors (Lipinski definition) is 0. The largest absolute Gasteiger partial charge is 0.348 e. The van der Waals surface area contributed by atoms with Gasteiger partial charge in [0.15, 0.2) is 0 Å². The average molecular weight is 301 g/mol. The maximum atomic E-state index is 13.0. The van der Waals surface area contributed by atoms with Crippen LogP contribution in [0.3, 0.4) is 0 Å². The van der Waals surface area contributed by atoms with Gasteiger partial charge in [-0.25, -0.2) is 0 Å². The second-order valence-electron chi connectivity index (χ2n) is 5.41. The maximum Gasteiger partial charge on any atom is 0.348 e. The van der Waals surface area contributed by atoms with Crippen LogP contribution in [0.25, 0.3) is 0 Å². The van der Waals surface area contributed by atoms with Gasteiger partial charge in [-0.1, -0.05) is 33.5 Å². The first kappa shape index (κ1) is 17.7. The van der Waals surface area contributed by atoms with Gasteiger partial charge in [0.25, 0.3) is 0 Å². The van der Waals surface area contributed by atoms with Gasteiger partial charge in [-0.3, -0.25) is 4.57 Å². The first-order valence-electron chi connectivity index (χ1n) is 6.15. The quantitative estimate of drug-likeness (QED) is 0.388. The summed E-state index contributed by atoms with van der Waals surface area (Å²) >= 11 is 6.76. The van der Waals surface area contributed by atoms with E-state index in [1.54, 1.807) is 0 Å². The Morgan fingerprint density at radius 3 is 1.71 bits per heavy atom. The number of alkyl halides is 1. The first-order chi connectivity index (χ1) is 7.56. The second kappa shape index (κ2) is 6.20. The van der Waals surface area contributed by atoms with Gasteiger partial charge in [0.05, 0.1) is 21.3 Å². The van der Waals surface area contributed by atoms with E-state index < -0.39 is 19.9 Å². The molecule has 0 N–H and O–H groups in total. The number of rotatable bonds is 7. The van der Waals surface area contributed by atoms with Crippen LogP contribution in [0.15, 0.2) is 0 Å². The summed E-state index contributed by atoms with van der Waals surface area (Å²) in [5, 5.41) is 0. The lowest BCUT2D eigenvalue weighted by Crippen LogP contribution is -2.51. The van der Waals surface area contributed by atoms with Crippen molar-refractivity contribution in [3.05, 3.63) is 0 Å². The molecule has 0 aromatic heterocycles. The van der Waals surface area contributed by atoms with Crippen LogP contribution in [0.2, 0.25) is 19.6 Å². The summed E-state index contributed by atoms with van der Waals surface area (Å²) in [4.78, 5) is 0. The third-order valence-electron chi connectivity index (χ3n) is 2.81. The summed E-state index contributed by atoms with van der Waals surface area (Å²) in [7, 11) is -5.22. The standard InChI is InChI=1S/C11H26ClO3PSi/c1-8-14-16(13,15-9-2)11(12,10(3)4)17(5,6)7/h10H,8-9H2,1-7H3. The van der Waals surface area contributed by atoms with E-state index in [2.05, 4.69) is 19.6 Å². The van der Waals surface area contributed by atoms with Crippen molar-refractivity contribution in [3.8, 4) is 0 Å². The van der Waals surface area contributed by atoms with Gasteiger partial charge >= 0.3 is 7.60 Å². The lowest BCUT2D eigenvalue weighted by molar-refractivity contribution is 0.208. The molecule has 0 aromatic rings. The van der Waals surface area contributed by atoms with Crippen LogP contribution in [0.1, 0.15) is 27.7 Å². The van der Waals surface area contributed by atoms with Gasteiger partial charge in [-0.05, 0) is 19.8 Å². The van der Waals surface area contributed by atoms with E-state index in [0.717, 1.165) is 0 Å². The molecule has 0 rings (SSSR count). The molecule has 1 unspecified atom stereocenters. The van der Waals surface area contributed by atoms with Crippen LogP contribution in [-0.4, -0.2) is 25.5 Å². The van der Waals surface area contributed by atoms with Crippen molar-refractivity contribution in [2.45, 2.75) is 51.6 Å². The molecule has 0 amide bonds. The topological polar surface area (TPSA) is 35.5 Å². The summed E-state index contributed by atoms with van der Waals surface area (Å²) < 4.78 is 23.0. The monoisotopic (exact) mass is 300 g/mol. The molecule has 0 bridgehead atoms. The van der Waals surface area contributed by atoms with E-state index in [1.165, 1.54) is 0 Å². The van der Waals surface area contributed by atoms with Gasteiger partial charge < -0.3 is 9.05 Å². The molecule has 0 radical (unpaired) electrons. The van der Waals surface area contributed by atoms with E-state index in [9.17, 15) is 4.57 Å². The van der Waals surface area contributed by atoms with Gasteiger partial charge in [0.1, 0.15) is 4.24 Å². The molecule has 0 fully saturated rings. The van der Waals surface area contributed by atoms with Crippen LogP contribution in [0.4, 0.5) is 0 Å². The van der Waals surface area contributed by atoms with Crippen molar-refractivity contribution in [3.63, 3.8) is 0 Å². The molecule has 3 nitrogen and oxygen atoms in total. The van der Waals surface area contributed by atoms with Crippen LogP contribution in [0, 0.1) is 5.92 Å². The fourth-order valence-electron chi connectivity index (χ4n) is 2.16. The average Bonchev–Trinajstić information content (AvgIpc) is 2.14. The van der Waals surface area contributed by atoms with Crippen molar-refractivity contribution >= 4 is 27.3 Å². The predicted octanol–water partition coefficient (Wildman–Crippen LogP) is 4.72. The minimum Gasteiger partial charge on any atom is -0.308 e. The van der Waals surface area contributed by atoms with Gasteiger partial charge in [-0.2, -0.15) is 0 Å². The normalized spacial score (nSPS) is 17.2. The third kappa shape index (κ3) is 3.36. The summed E-state index contributed by atoms with van der Waals surface area (Å²) in [6.45, 7) is 14.6. The maximum absolute atomic E-state index is 13.0. The minimum absolute atomic E-state index is 0.0415. The molecule has 0 saturated heterocycles. The Morgan fingerprint density at radius 1 is 1.18 bits per heavy atom. The highest BCUT2D eigenvalue weighted by Gasteiger charge is 2.59. The van der Waals surface area contributed by atoms with Crippen molar-refractivity contribution in [1.29, 1.82) is 0 Å². The van der Waals surface area contributed by atoms with E-state index >= 15 is 0 Å². The lowest BCUT2D eigenvalue weighted by Gasteiger charge is -2.44. The molecule has 0 aliphatic rings. The summed E-state index contributed by atoms with van der Waals surface area (Å²) in [5.41, 5.74) is 0. The summed E-state index contributed by atoms with van der Waals surface area (Å²) in [6, 6.07) is 0. The zero-order valence-electron chi connectivity index (χ0n) is 12.0. The molecular weight excluding hydrogens is 275 g/mol. The van der Waals surface area contributed by atoms with Gasteiger partial charge in [-0.15, -0.1) is 11.6 Å². The SMILES string of the molecule is CCOP(=O)(OCC)C(Cl)(C(C)C)[Si](C)(C)C. The molecule has 0 spiro atoms. The summed E-state index contributed by atoms with van der Waals surface area (Å²) in [6.07, 6.45) is 0. The van der Waals surface area contributed by atoms with Crippen molar-refractivity contribution in [2.75, 3.05) is 13.2 Å². The van der Waals surface area contributed by atoms with Crippen molar-refractivity contribution in [2.24, 2.45) is 5.92 Å². The Bertz CT molecular complexity index is 281. The highest BCUT2D eigenvalue weighted by Crippen LogP contribution is 2.68. The molecule has 1 atom stereocenters. The Labute approximate surface area is 112 Å². The van der Waals surface area contributed by atoms with E-state index in [4.69, 9.17) is 20.6 Å². The number of halogens is 1. The minimum atomic E-state index is -3.29. The second-order valence-corrected chi connectivity index (χ2v) is 14.5. The third-order valence-corrected chi connectivity index (χ3v) is 13.6. The molecule has 0 saturated carbocycles. The Kier molecular flexibility index (Phi) is 6.44. The molecule has 0 aliphatic carbocycles. The van der Waals surface area contributed by atoms with Crippen LogP contribution in [0.5, 0.6) is 0 Å². The fourth-order valence-corrected chi connectivity index (χ4v) is 9.62. The number of hydrogen-bond acceptors (Lipinski definition) is 3. The molecule has 6 heteroatoms. The summed E-state index contributed by atoms with van der Waals surface area (Å²) in [5.74, 6) is 0.0415. The van der Waals surface area contributed by atoms with E-state index in [-0.39, 0.29) is 5.92 Å². The molecule has 0 aromatic carbocycles. The van der Waals surface area contributed by atoms with E-state index in [1.807, 2.05) is 27.7 Å². The molecule has 104 valence electrons. The molecular formula is C11H26ClO3PSi. The highest BCUT2D eigenvalue weighted by molar-refractivity contribution is 7.61. The van der Waals surface area contributed by atoms with Crippen molar-refractivity contribution < 1.29 is 13.6 Å². The van der Waals surface area contributed by atoms with E-state index in [0.29, 0.717) is 13.2 Å². The Hall–Kier alpha value is 0.657. The highest BCUT2D eigenvalue weighted by atomic mass is 35.5. The van der Waals surface area contributed by atoms with Crippen LogP contribution in [-0.2, 0) is 13.6 Å². The van der Waals surface area contributed by atoms with Gasteiger partial charge in [0.2, 0.25) is 0 Å². The van der Waals surface area contributed by atoms with Crippen LogP contribution >= 0.6 is 19.2 Å². The zero-order valence-corrected chi connectivity index (χ0v) is 14.7. The van der Waals surface area contributed by atoms with Crippen molar-refractivity contribution in [1.82, 2.24) is 0 Å². The zero-order chi connectivity index (χ0) is 13.9. The predicted molar refractivity (Wildman–Crippen MR) is 77.6 cm³/mol. The first-order valence-corrected chi connectivity index (χ1v) is 11.6. The molecule has 17 heavy (non-hydrogen) atoms. The smallest absolute Gasteiger partial charge is 0.308 e. The molecule has 0 aliphatic heterocycles. The lowest BCUT2D eigenvalue weighted by atomic mass is 10.3. The van der Waals surface area contributed by atoms with Gasteiger partial charge in [0, 0.05) is 0 Å².